The number of rotatable bonds is 2. The van der Waals surface area contributed by atoms with Gasteiger partial charge in [0.05, 0.1) is 5.56 Å². The molecule has 102 valence electrons. The van der Waals surface area contributed by atoms with E-state index in [2.05, 4.69) is 26.1 Å². The molecule has 0 spiro atoms. The smallest absolute Gasteiger partial charge is 0.252 e. The Morgan fingerprint density at radius 3 is 2.74 bits per heavy atom. The van der Waals surface area contributed by atoms with Gasteiger partial charge in [0.1, 0.15) is 0 Å². The van der Waals surface area contributed by atoms with Crippen LogP contribution in [-0.2, 0) is 0 Å². The van der Waals surface area contributed by atoms with E-state index in [9.17, 15) is 4.79 Å². The fourth-order valence-electron chi connectivity index (χ4n) is 3.05. The highest BCUT2D eigenvalue weighted by Gasteiger charge is 2.35. The maximum atomic E-state index is 12.3. The summed E-state index contributed by atoms with van der Waals surface area (Å²) in [6.07, 6.45) is 2.39. The minimum absolute atomic E-state index is 0.0341. The van der Waals surface area contributed by atoms with Crippen LogP contribution >= 0.6 is 27.5 Å². The summed E-state index contributed by atoms with van der Waals surface area (Å²) in [5.74, 6) is 0.597. The van der Waals surface area contributed by atoms with Crippen LogP contribution in [0.5, 0.6) is 0 Å². The van der Waals surface area contributed by atoms with Gasteiger partial charge < -0.3 is 10.2 Å². The lowest BCUT2D eigenvalue weighted by atomic mass is 9.84. The Kier molecular flexibility index (Phi) is 3.83. The summed E-state index contributed by atoms with van der Waals surface area (Å²) in [5, 5.41) is 3.75. The minimum Gasteiger partial charge on any atom is -0.348 e. The highest BCUT2D eigenvalue weighted by molar-refractivity contribution is 9.10. The third-order valence-electron chi connectivity index (χ3n) is 4.15. The van der Waals surface area contributed by atoms with Gasteiger partial charge in [-0.3, -0.25) is 4.79 Å². The lowest BCUT2D eigenvalue weighted by Crippen LogP contribution is -2.57. The molecule has 1 aromatic rings. The minimum atomic E-state index is -0.0341. The largest absolute Gasteiger partial charge is 0.348 e. The van der Waals surface area contributed by atoms with Gasteiger partial charge in [-0.2, -0.15) is 0 Å². The van der Waals surface area contributed by atoms with Crippen molar-refractivity contribution in [2.75, 3.05) is 19.6 Å². The van der Waals surface area contributed by atoms with Crippen molar-refractivity contribution in [1.82, 2.24) is 10.2 Å². The van der Waals surface area contributed by atoms with E-state index in [0.717, 1.165) is 11.0 Å². The quantitative estimate of drug-likeness (QED) is 0.895. The number of nitrogens with one attached hydrogen (secondary N) is 1. The number of hydrogen-bond donors (Lipinski definition) is 1. The summed E-state index contributed by atoms with van der Waals surface area (Å²) < 4.78 is 0.788. The Morgan fingerprint density at radius 2 is 2.11 bits per heavy atom. The van der Waals surface area contributed by atoms with Gasteiger partial charge in [-0.05, 0) is 66.0 Å². The topological polar surface area (TPSA) is 32.3 Å². The summed E-state index contributed by atoms with van der Waals surface area (Å²) in [7, 11) is 0. The fraction of sp³-hybridized carbons (Fsp3) is 0.500. The molecule has 3 aliphatic heterocycles. The van der Waals surface area contributed by atoms with E-state index in [1.807, 2.05) is 6.07 Å². The Bertz CT molecular complexity index is 500. The second kappa shape index (κ2) is 5.43. The van der Waals surface area contributed by atoms with Gasteiger partial charge in [-0.25, -0.2) is 0 Å². The molecule has 3 fully saturated rings. The number of amides is 1. The molecule has 3 heterocycles. The summed E-state index contributed by atoms with van der Waals surface area (Å²) in [5.41, 5.74) is 0.615. The van der Waals surface area contributed by atoms with Gasteiger partial charge in [-0.1, -0.05) is 11.6 Å². The molecule has 0 aliphatic carbocycles. The summed E-state index contributed by atoms with van der Waals surface area (Å²) in [6.45, 7) is 3.34. The maximum Gasteiger partial charge on any atom is 0.252 e. The molecule has 0 saturated carbocycles. The van der Waals surface area contributed by atoms with E-state index in [0.29, 0.717) is 16.5 Å². The number of carbonyl (C=O) groups excluding carboxylic acids is 1. The average Bonchev–Trinajstić information content (AvgIpc) is 2.43. The Morgan fingerprint density at radius 1 is 1.37 bits per heavy atom. The van der Waals surface area contributed by atoms with Crippen molar-refractivity contribution in [2.45, 2.75) is 18.9 Å². The zero-order valence-corrected chi connectivity index (χ0v) is 12.9. The van der Waals surface area contributed by atoms with Gasteiger partial charge >= 0.3 is 0 Å². The molecule has 5 heteroatoms. The second-order valence-electron chi connectivity index (χ2n) is 5.34. The normalized spacial score (nSPS) is 29.3. The van der Waals surface area contributed by atoms with Crippen LogP contribution in [0.3, 0.4) is 0 Å². The first-order chi connectivity index (χ1) is 9.13. The van der Waals surface area contributed by atoms with Crippen molar-refractivity contribution in [3.63, 3.8) is 0 Å². The highest BCUT2D eigenvalue weighted by atomic mass is 79.9. The van der Waals surface area contributed by atoms with Gasteiger partial charge in [0.25, 0.3) is 5.91 Å². The summed E-state index contributed by atoms with van der Waals surface area (Å²) >= 11 is 9.36. The lowest BCUT2D eigenvalue weighted by molar-refractivity contribution is 0.0620. The van der Waals surface area contributed by atoms with E-state index in [4.69, 9.17) is 11.6 Å². The molecule has 1 N–H and O–H groups in total. The van der Waals surface area contributed by atoms with Crippen LogP contribution in [0.4, 0.5) is 0 Å². The van der Waals surface area contributed by atoms with Crippen molar-refractivity contribution in [3.05, 3.63) is 33.3 Å². The lowest BCUT2D eigenvalue weighted by Gasteiger charge is -2.44. The van der Waals surface area contributed by atoms with E-state index in [1.165, 1.54) is 25.9 Å². The molecule has 0 radical (unpaired) electrons. The van der Waals surface area contributed by atoms with Crippen LogP contribution in [0.25, 0.3) is 0 Å². The van der Waals surface area contributed by atoms with Crippen molar-refractivity contribution >= 4 is 33.4 Å². The first-order valence-corrected chi connectivity index (χ1v) is 7.79. The molecule has 1 atom stereocenters. The number of carbonyl (C=O) groups is 1. The monoisotopic (exact) mass is 342 g/mol. The molecular formula is C14H16BrClN2O. The zero-order chi connectivity index (χ0) is 13.4. The van der Waals surface area contributed by atoms with E-state index >= 15 is 0 Å². The molecule has 1 unspecified atom stereocenters. The first-order valence-electron chi connectivity index (χ1n) is 6.62. The van der Waals surface area contributed by atoms with Crippen molar-refractivity contribution in [1.29, 1.82) is 0 Å². The molecule has 3 nitrogen and oxygen atoms in total. The number of hydrogen-bond acceptors (Lipinski definition) is 2. The molecule has 1 amide bonds. The zero-order valence-electron chi connectivity index (χ0n) is 10.5. The predicted molar refractivity (Wildman–Crippen MR) is 79.6 cm³/mol. The van der Waals surface area contributed by atoms with Crippen molar-refractivity contribution < 1.29 is 4.79 Å². The molecule has 3 aliphatic rings. The average molecular weight is 344 g/mol. The van der Waals surface area contributed by atoms with Gasteiger partial charge in [-0.15, -0.1) is 0 Å². The predicted octanol–water partition coefficient (Wildman–Crippen LogP) is 2.93. The SMILES string of the molecule is O=C(NC1CN2CCC1CC2)c1cc(Cl)ccc1Br. The number of benzene rings is 1. The summed E-state index contributed by atoms with van der Waals surface area (Å²) in [4.78, 5) is 14.8. The standard InChI is InChI=1S/C14H16BrClN2O/c15-12-2-1-10(16)7-11(12)14(19)17-13-8-18-5-3-9(13)4-6-18/h1-2,7,9,13H,3-6,8H2,(H,17,19). The molecule has 3 saturated heterocycles. The van der Waals surface area contributed by atoms with Crippen LogP contribution in [0.1, 0.15) is 23.2 Å². The maximum absolute atomic E-state index is 12.3. The van der Waals surface area contributed by atoms with Crippen molar-refractivity contribution in [2.24, 2.45) is 5.92 Å². The van der Waals surface area contributed by atoms with Crippen LogP contribution in [0.2, 0.25) is 5.02 Å². The third-order valence-corrected chi connectivity index (χ3v) is 5.07. The van der Waals surface area contributed by atoms with Gasteiger partial charge in [0.15, 0.2) is 0 Å². The number of fused-ring (bicyclic) bond motifs is 3. The summed E-state index contributed by atoms with van der Waals surface area (Å²) in [6, 6.07) is 5.58. The Hall–Kier alpha value is -0.580. The Balaban J connectivity index is 1.73. The molecule has 2 bridgehead atoms. The second-order valence-corrected chi connectivity index (χ2v) is 6.63. The molecule has 0 aromatic heterocycles. The third kappa shape index (κ3) is 2.81. The van der Waals surface area contributed by atoms with Gasteiger partial charge in [0.2, 0.25) is 0 Å². The number of piperidine rings is 3. The Labute approximate surface area is 126 Å². The van der Waals surface area contributed by atoms with E-state index < -0.39 is 0 Å². The van der Waals surface area contributed by atoms with Crippen molar-refractivity contribution in [3.8, 4) is 0 Å². The molecule has 19 heavy (non-hydrogen) atoms. The van der Waals surface area contributed by atoms with E-state index in [1.54, 1.807) is 12.1 Å². The fourth-order valence-corrected chi connectivity index (χ4v) is 3.65. The van der Waals surface area contributed by atoms with Crippen LogP contribution in [-0.4, -0.2) is 36.5 Å². The van der Waals surface area contributed by atoms with Crippen LogP contribution < -0.4 is 5.32 Å². The van der Waals surface area contributed by atoms with Gasteiger partial charge in [0, 0.05) is 22.1 Å². The van der Waals surface area contributed by atoms with E-state index in [-0.39, 0.29) is 11.9 Å². The number of nitrogens with zero attached hydrogens (tertiary/aromatic N) is 1. The molecular weight excluding hydrogens is 328 g/mol. The van der Waals surface area contributed by atoms with Crippen LogP contribution in [0.15, 0.2) is 22.7 Å². The van der Waals surface area contributed by atoms with Crippen LogP contribution in [0, 0.1) is 5.92 Å². The highest BCUT2D eigenvalue weighted by Crippen LogP contribution is 2.28. The molecule has 4 rings (SSSR count). The number of halogens is 2. The molecule has 1 aromatic carbocycles. The first kappa shape index (κ1) is 13.4.